The van der Waals surface area contributed by atoms with Crippen LogP contribution in [0.3, 0.4) is 0 Å². The van der Waals surface area contributed by atoms with Crippen LogP contribution in [-0.2, 0) is 27.9 Å². The first-order valence-electron chi connectivity index (χ1n) is 5.94. The van der Waals surface area contributed by atoms with Crippen molar-refractivity contribution in [2.75, 3.05) is 11.8 Å². The fourth-order valence-electron chi connectivity index (χ4n) is 1.82. The molecule has 5 nitrogen and oxygen atoms in total. The second-order valence-electron chi connectivity index (χ2n) is 4.15. The van der Waals surface area contributed by atoms with Crippen molar-refractivity contribution in [3.63, 3.8) is 0 Å². The molecule has 0 aliphatic carbocycles. The average Bonchev–Trinajstić information content (AvgIpc) is 2.88. The number of sulfonamides is 1. The zero-order chi connectivity index (χ0) is 14.6. The van der Waals surface area contributed by atoms with Gasteiger partial charge in [0.15, 0.2) is 0 Å². The molecule has 0 bridgehead atoms. The van der Waals surface area contributed by atoms with Crippen LogP contribution in [0.2, 0.25) is 0 Å². The van der Waals surface area contributed by atoms with E-state index in [9.17, 15) is 8.42 Å². The van der Waals surface area contributed by atoms with Crippen molar-refractivity contribution in [3.8, 4) is 0 Å². The fourth-order valence-corrected chi connectivity index (χ4v) is 4.20. The summed E-state index contributed by atoms with van der Waals surface area (Å²) in [5.74, 6) is 0. The topological polar surface area (TPSA) is 81.4 Å². The fraction of sp³-hybridized carbons (Fsp3) is 0.231. The first-order chi connectivity index (χ1) is 9.56. The Bertz CT molecular complexity index is 680. The Morgan fingerprint density at radius 2 is 2.15 bits per heavy atom. The highest BCUT2D eigenvalue weighted by Gasteiger charge is 2.19. The minimum Gasteiger partial charge on any atom is -0.380 e. The Balaban J connectivity index is 2.26. The SMILES string of the molecule is COCc1cccc(NS(=O)(=O)c2ccsc2CN)c1. The van der Waals surface area contributed by atoms with Crippen LogP contribution in [-0.4, -0.2) is 15.5 Å². The molecule has 1 aromatic heterocycles. The van der Waals surface area contributed by atoms with Crippen molar-refractivity contribution in [1.29, 1.82) is 0 Å². The van der Waals surface area contributed by atoms with E-state index in [1.54, 1.807) is 36.8 Å². The molecule has 0 radical (unpaired) electrons. The molecule has 0 aliphatic rings. The number of hydrogen-bond acceptors (Lipinski definition) is 5. The lowest BCUT2D eigenvalue weighted by molar-refractivity contribution is 0.185. The molecule has 3 N–H and O–H groups in total. The summed E-state index contributed by atoms with van der Waals surface area (Å²) in [6, 6.07) is 8.66. The van der Waals surface area contributed by atoms with E-state index in [0.29, 0.717) is 17.2 Å². The van der Waals surface area contributed by atoms with Gasteiger partial charge in [-0.1, -0.05) is 12.1 Å². The zero-order valence-electron chi connectivity index (χ0n) is 11.0. The van der Waals surface area contributed by atoms with Crippen molar-refractivity contribution >= 4 is 27.0 Å². The summed E-state index contributed by atoms with van der Waals surface area (Å²) in [5, 5.41) is 1.72. The summed E-state index contributed by atoms with van der Waals surface area (Å²) >= 11 is 1.33. The van der Waals surface area contributed by atoms with E-state index in [1.807, 2.05) is 6.07 Å². The molecule has 2 aromatic rings. The number of thiophene rings is 1. The number of nitrogens with one attached hydrogen (secondary N) is 1. The van der Waals surface area contributed by atoms with Crippen LogP contribution >= 0.6 is 11.3 Å². The maximum Gasteiger partial charge on any atom is 0.263 e. The Labute approximate surface area is 122 Å². The highest BCUT2D eigenvalue weighted by atomic mass is 32.2. The highest BCUT2D eigenvalue weighted by molar-refractivity contribution is 7.93. The first kappa shape index (κ1) is 15.0. The number of nitrogens with two attached hydrogens (primary N) is 1. The van der Waals surface area contributed by atoms with Crippen LogP contribution in [0.4, 0.5) is 5.69 Å². The smallest absolute Gasteiger partial charge is 0.263 e. The molecule has 0 aliphatic heterocycles. The van der Waals surface area contributed by atoms with Crippen molar-refractivity contribution < 1.29 is 13.2 Å². The Kier molecular flexibility index (Phi) is 4.77. The van der Waals surface area contributed by atoms with E-state index in [-0.39, 0.29) is 11.4 Å². The number of rotatable bonds is 6. The quantitative estimate of drug-likeness (QED) is 0.856. The third-order valence-electron chi connectivity index (χ3n) is 2.67. The minimum atomic E-state index is -3.60. The molecule has 0 unspecified atom stereocenters. The summed E-state index contributed by atoms with van der Waals surface area (Å²) in [6.45, 7) is 0.639. The monoisotopic (exact) mass is 312 g/mol. The third kappa shape index (κ3) is 3.37. The molecule has 1 heterocycles. The van der Waals surface area contributed by atoms with Crippen molar-refractivity contribution in [3.05, 3.63) is 46.2 Å². The van der Waals surface area contributed by atoms with Crippen LogP contribution in [0.5, 0.6) is 0 Å². The summed E-state index contributed by atoms with van der Waals surface area (Å²) in [5.41, 5.74) is 6.96. The standard InChI is InChI=1S/C13H16N2O3S2/c1-18-9-10-3-2-4-11(7-10)15-20(16,17)13-5-6-19-12(13)8-14/h2-7,15H,8-9,14H2,1H3. The van der Waals surface area contributed by atoms with Gasteiger partial charge < -0.3 is 10.5 Å². The van der Waals surface area contributed by atoms with Gasteiger partial charge in [0.05, 0.1) is 6.61 Å². The van der Waals surface area contributed by atoms with Gasteiger partial charge in [0.2, 0.25) is 0 Å². The lowest BCUT2D eigenvalue weighted by Crippen LogP contribution is -2.14. The summed E-state index contributed by atoms with van der Waals surface area (Å²) in [4.78, 5) is 0.882. The molecule has 0 atom stereocenters. The molecule has 0 saturated carbocycles. The third-order valence-corrected chi connectivity index (χ3v) is 5.21. The molecule has 20 heavy (non-hydrogen) atoms. The molecular formula is C13H16N2O3S2. The molecule has 0 amide bonds. The van der Waals surface area contributed by atoms with Gasteiger partial charge in [0.1, 0.15) is 4.90 Å². The second kappa shape index (κ2) is 6.36. The molecule has 2 rings (SSSR count). The van der Waals surface area contributed by atoms with Gasteiger partial charge in [-0.15, -0.1) is 11.3 Å². The van der Waals surface area contributed by atoms with E-state index in [2.05, 4.69) is 4.72 Å². The summed E-state index contributed by atoms with van der Waals surface area (Å²) < 4.78 is 32.2. The van der Waals surface area contributed by atoms with Crippen molar-refractivity contribution in [2.45, 2.75) is 18.0 Å². The van der Waals surface area contributed by atoms with Gasteiger partial charge in [-0.2, -0.15) is 0 Å². The van der Waals surface area contributed by atoms with Gasteiger partial charge in [-0.3, -0.25) is 4.72 Å². The number of benzene rings is 1. The molecule has 7 heteroatoms. The maximum absolute atomic E-state index is 12.3. The first-order valence-corrected chi connectivity index (χ1v) is 8.30. The maximum atomic E-state index is 12.3. The number of ether oxygens (including phenoxy) is 1. The van der Waals surface area contributed by atoms with Gasteiger partial charge in [0.25, 0.3) is 10.0 Å². The molecule has 1 aromatic carbocycles. The molecular weight excluding hydrogens is 296 g/mol. The average molecular weight is 312 g/mol. The summed E-state index contributed by atoms with van der Waals surface area (Å²) in [6.07, 6.45) is 0. The van der Waals surface area contributed by atoms with Crippen LogP contribution in [0.15, 0.2) is 40.6 Å². The summed E-state index contributed by atoms with van der Waals surface area (Å²) in [7, 11) is -2.01. The molecule has 0 saturated heterocycles. The van der Waals surface area contributed by atoms with Gasteiger partial charge >= 0.3 is 0 Å². The Morgan fingerprint density at radius 3 is 2.85 bits per heavy atom. The molecule has 108 valence electrons. The number of methoxy groups -OCH3 is 1. The van der Waals surface area contributed by atoms with Crippen LogP contribution in [0.1, 0.15) is 10.4 Å². The minimum absolute atomic E-state index is 0.206. The van der Waals surface area contributed by atoms with E-state index in [4.69, 9.17) is 10.5 Å². The van der Waals surface area contributed by atoms with E-state index >= 15 is 0 Å². The lowest BCUT2D eigenvalue weighted by atomic mass is 10.2. The predicted octanol–water partition coefficient (Wildman–Crippen LogP) is 2.15. The Morgan fingerprint density at radius 1 is 1.35 bits per heavy atom. The van der Waals surface area contributed by atoms with Crippen molar-refractivity contribution in [2.24, 2.45) is 5.73 Å². The van der Waals surface area contributed by atoms with Crippen molar-refractivity contribution in [1.82, 2.24) is 0 Å². The van der Waals surface area contributed by atoms with E-state index < -0.39 is 10.0 Å². The Hall–Kier alpha value is -1.41. The van der Waals surface area contributed by atoms with Gasteiger partial charge in [0, 0.05) is 24.2 Å². The van der Waals surface area contributed by atoms with Gasteiger partial charge in [-0.05, 0) is 29.1 Å². The number of anilines is 1. The molecule has 0 spiro atoms. The van der Waals surface area contributed by atoms with Crippen LogP contribution in [0.25, 0.3) is 0 Å². The zero-order valence-corrected chi connectivity index (χ0v) is 12.6. The normalized spacial score (nSPS) is 11.5. The van der Waals surface area contributed by atoms with Crippen LogP contribution in [0, 0.1) is 0 Å². The second-order valence-corrected chi connectivity index (χ2v) is 6.80. The van der Waals surface area contributed by atoms with Gasteiger partial charge in [-0.25, -0.2) is 8.42 Å². The predicted molar refractivity (Wildman–Crippen MR) is 80.2 cm³/mol. The van der Waals surface area contributed by atoms with E-state index in [1.165, 1.54) is 11.3 Å². The largest absolute Gasteiger partial charge is 0.380 e. The van der Waals surface area contributed by atoms with Crippen LogP contribution < -0.4 is 10.5 Å². The highest BCUT2D eigenvalue weighted by Crippen LogP contribution is 2.24. The van der Waals surface area contributed by atoms with E-state index in [0.717, 1.165) is 5.56 Å². The lowest BCUT2D eigenvalue weighted by Gasteiger charge is -2.09. The molecule has 0 fully saturated rings. The number of hydrogen-bond donors (Lipinski definition) is 2.